The van der Waals surface area contributed by atoms with Crippen molar-refractivity contribution in [3.05, 3.63) is 34.8 Å². The molecule has 33 heavy (non-hydrogen) atoms. The van der Waals surface area contributed by atoms with Gasteiger partial charge in [0, 0.05) is 37.8 Å². The number of alkyl halides is 3. The van der Waals surface area contributed by atoms with Gasteiger partial charge in [-0.1, -0.05) is 0 Å². The summed E-state index contributed by atoms with van der Waals surface area (Å²) in [6, 6.07) is 4.33. The predicted molar refractivity (Wildman–Crippen MR) is 118 cm³/mol. The fourth-order valence-corrected chi connectivity index (χ4v) is 5.54. The minimum absolute atomic E-state index is 0.00906. The van der Waals surface area contributed by atoms with Crippen LogP contribution in [0.3, 0.4) is 0 Å². The molecule has 0 N–H and O–H groups in total. The number of benzene rings is 1. The number of anilines is 1. The van der Waals surface area contributed by atoms with Gasteiger partial charge in [0.1, 0.15) is 5.75 Å². The van der Waals surface area contributed by atoms with E-state index >= 15 is 0 Å². The van der Waals surface area contributed by atoms with E-state index in [0.717, 1.165) is 48.7 Å². The van der Waals surface area contributed by atoms with Gasteiger partial charge < -0.3 is 14.5 Å². The number of rotatable bonds is 5. The number of nitrogens with zero attached hydrogens (tertiary/aromatic N) is 3. The average Bonchev–Trinajstić information content (AvgIpc) is 3.45. The van der Waals surface area contributed by atoms with Crippen molar-refractivity contribution in [1.29, 1.82) is 0 Å². The standard InChI is InChI=1S/C21H24F3N3O4S2/c1-33(29,30)15-6-7-17(31-14-4-2-3-5-14)16(12-15)19(28)26-8-10-27(11-9-26)20-25-18(13-32-20)21(22,23)24/h6-7,12-14H,2-5,8-11H2,1H3. The summed E-state index contributed by atoms with van der Waals surface area (Å²) in [5, 5.41) is 1.25. The Bertz CT molecular complexity index is 1120. The van der Waals surface area contributed by atoms with Crippen molar-refractivity contribution >= 4 is 32.2 Å². The summed E-state index contributed by atoms with van der Waals surface area (Å²) in [6.07, 6.45) is 0.434. The molecule has 7 nitrogen and oxygen atoms in total. The molecule has 12 heteroatoms. The van der Waals surface area contributed by atoms with Crippen LogP contribution < -0.4 is 9.64 Å². The van der Waals surface area contributed by atoms with E-state index in [1.54, 1.807) is 9.80 Å². The van der Waals surface area contributed by atoms with Crippen LogP contribution in [0.5, 0.6) is 5.75 Å². The fourth-order valence-electron chi connectivity index (χ4n) is 4.01. The van der Waals surface area contributed by atoms with Crippen LogP contribution in [0, 0.1) is 0 Å². The molecule has 1 aromatic heterocycles. The summed E-state index contributed by atoms with van der Waals surface area (Å²) in [5.74, 6) is -0.000242. The van der Waals surface area contributed by atoms with Crippen LogP contribution in [-0.4, -0.2) is 62.7 Å². The number of halogens is 3. The van der Waals surface area contributed by atoms with Crippen LogP contribution >= 0.6 is 11.3 Å². The maximum absolute atomic E-state index is 13.3. The van der Waals surface area contributed by atoms with Crippen LogP contribution in [0.1, 0.15) is 41.7 Å². The number of carbonyl (C=O) groups excluding carboxylic acids is 1. The van der Waals surface area contributed by atoms with Gasteiger partial charge in [0.2, 0.25) is 0 Å². The molecule has 0 spiro atoms. The number of amides is 1. The van der Waals surface area contributed by atoms with Gasteiger partial charge in [-0.3, -0.25) is 4.79 Å². The van der Waals surface area contributed by atoms with Crippen molar-refractivity contribution in [1.82, 2.24) is 9.88 Å². The van der Waals surface area contributed by atoms with Gasteiger partial charge in [0.15, 0.2) is 20.7 Å². The number of piperazine rings is 1. The second kappa shape index (κ2) is 9.13. The topological polar surface area (TPSA) is 79.8 Å². The molecule has 2 fully saturated rings. The third-order valence-corrected chi connectivity index (χ3v) is 7.84. The molecule has 0 unspecified atom stereocenters. The predicted octanol–water partition coefficient (Wildman–Crippen LogP) is 3.85. The van der Waals surface area contributed by atoms with Crippen LogP contribution in [0.4, 0.5) is 18.3 Å². The lowest BCUT2D eigenvalue weighted by Gasteiger charge is -2.35. The number of hydrogen-bond donors (Lipinski definition) is 0. The maximum atomic E-state index is 13.3. The van der Waals surface area contributed by atoms with Crippen molar-refractivity contribution in [3.63, 3.8) is 0 Å². The van der Waals surface area contributed by atoms with E-state index in [4.69, 9.17) is 4.74 Å². The summed E-state index contributed by atoms with van der Waals surface area (Å²) in [7, 11) is -3.52. The van der Waals surface area contributed by atoms with E-state index in [-0.39, 0.29) is 40.7 Å². The minimum Gasteiger partial charge on any atom is -0.490 e. The summed E-state index contributed by atoms with van der Waals surface area (Å²) < 4.78 is 68.7. The Morgan fingerprint density at radius 3 is 2.39 bits per heavy atom. The molecule has 1 amide bonds. The van der Waals surface area contributed by atoms with Gasteiger partial charge in [-0.25, -0.2) is 13.4 Å². The zero-order valence-corrected chi connectivity index (χ0v) is 19.6. The molecule has 1 saturated carbocycles. The first-order valence-electron chi connectivity index (χ1n) is 10.6. The van der Waals surface area contributed by atoms with Crippen LogP contribution in [0.25, 0.3) is 0 Å². The van der Waals surface area contributed by atoms with Crippen molar-refractivity contribution in [3.8, 4) is 5.75 Å². The Balaban J connectivity index is 1.50. The van der Waals surface area contributed by atoms with Crippen molar-refractivity contribution in [2.75, 3.05) is 37.3 Å². The molecule has 0 radical (unpaired) electrons. The van der Waals surface area contributed by atoms with Crippen LogP contribution in [-0.2, 0) is 16.0 Å². The van der Waals surface area contributed by atoms with Gasteiger partial charge in [-0.05, 0) is 43.9 Å². The largest absolute Gasteiger partial charge is 0.490 e. The Morgan fingerprint density at radius 1 is 1.15 bits per heavy atom. The molecule has 1 aliphatic heterocycles. The highest BCUT2D eigenvalue weighted by atomic mass is 32.2. The van der Waals surface area contributed by atoms with E-state index < -0.39 is 21.7 Å². The Kier molecular flexibility index (Phi) is 6.59. The van der Waals surface area contributed by atoms with Gasteiger partial charge >= 0.3 is 6.18 Å². The lowest BCUT2D eigenvalue weighted by molar-refractivity contribution is -0.140. The molecule has 2 aromatic rings. The molecular formula is C21H24F3N3O4S2. The first-order chi connectivity index (χ1) is 15.5. The van der Waals surface area contributed by atoms with Gasteiger partial charge in [0.25, 0.3) is 5.91 Å². The zero-order valence-electron chi connectivity index (χ0n) is 18.0. The van der Waals surface area contributed by atoms with Crippen LogP contribution in [0.2, 0.25) is 0 Å². The Labute approximate surface area is 194 Å². The Morgan fingerprint density at radius 2 is 1.82 bits per heavy atom. The third kappa shape index (κ3) is 5.43. The van der Waals surface area contributed by atoms with Gasteiger partial charge in [-0.2, -0.15) is 13.2 Å². The number of carbonyl (C=O) groups is 1. The monoisotopic (exact) mass is 503 g/mol. The molecule has 2 aliphatic rings. The number of hydrogen-bond acceptors (Lipinski definition) is 7. The first kappa shape index (κ1) is 23.8. The van der Waals surface area contributed by atoms with E-state index in [1.165, 1.54) is 18.2 Å². The maximum Gasteiger partial charge on any atom is 0.434 e. The molecule has 0 atom stereocenters. The van der Waals surface area contributed by atoms with E-state index in [0.29, 0.717) is 18.8 Å². The summed E-state index contributed by atoms with van der Waals surface area (Å²) >= 11 is 0.918. The normalized spacial score (nSPS) is 18.1. The molecule has 1 aliphatic carbocycles. The minimum atomic E-state index is -4.49. The SMILES string of the molecule is CS(=O)(=O)c1ccc(OC2CCCC2)c(C(=O)N2CCN(c3nc(C(F)(F)F)cs3)CC2)c1. The smallest absolute Gasteiger partial charge is 0.434 e. The number of aromatic nitrogens is 1. The first-order valence-corrected chi connectivity index (χ1v) is 13.4. The average molecular weight is 504 g/mol. The number of ether oxygens (including phenoxy) is 1. The van der Waals surface area contributed by atoms with Crippen molar-refractivity contribution < 1.29 is 31.1 Å². The second-order valence-corrected chi connectivity index (χ2v) is 11.1. The molecule has 4 rings (SSSR count). The molecule has 1 saturated heterocycles. The fraction of sp³-hybridized carbons (Fsp3) is 0.524. The lowest BCUT2D eigenvalue weighted by Crippen LogP contribution is -2.49. The second-order valence-electron chi connectivity index (χ2n) is 8.25. The van der Waals surface area contributed by atoms with Crippen molar-refractivity contribution in [2.45, 2.75) is 42.9 Å². The van der Waals surface area contributed by atoms with Gasteiger partial charge in [-0.15, -0.1) is 11.3 Å². The third-order valence-electron chi connectivity index (χ3n) is 5.83. The summed E-state index contributed by atoms with van der Waals surface area (Å²) in [5.41, 5.74) is -0.737. The summed E-state index contributed by atoms with van der Waals surface area (Å²) in [4.78, 5) is 20.3. The van der Waals surface area contributed by atoms with Crippen molar-refractivity contribution in [2.24, 2.45) is 0 Å². The molecule has 0 bridgehead atoms. The Hall–Kier alpha value is -2.34. The van der Waals surface area contributed by atoms with Gasteiger partial charge in [0.05, 0.1) is 16.6 Å². The van der Waals surface area contributed by atoms with E-state index in [1.807, 2.05) is 0 Å². The van der Waals surface area contributed by atoms with E-state index in [9.17, 15) is 26.4 Å². The van der Waals surface area contributed by atoms with E-state index in [2.05, 4.69) is 4.98 Å². The lowest BCUT2D eigenvalue weighted by atomic mass is 10.1. The van der Waals surface area contributed by atoms with Crippen LogP contribution in [0.15, 0.2) is 28.5 Å². The molecule has 2 heterocycles. The highest BCUT2D eigenvalue weighted by Gasteiger charge is 2.35. The molecule has 1 aromatic carbocycles. The zero-order chi connectivity index (χ0) is 23.8. The quantitative estimate of drug-likeness (QED) is 0.617. The number of sulfone groups is 1. The molecule has 180 valence electrons. The number of thiazole rings is 1. The summed E-state index contributed by atoms with van der Waals surface area (Å²) in [6.45, 7) is 1.18. The highest BCUT2D eigenvalue weighted by molar-refractivity contribution is 7.90. The molecular weight excluding hydrogens is 479 g/mol. The highest BCUT2D eigenvalue weighted by Crippen LogP contribution is 2.34.